The van der Waals surface area contributed by atoms with Crippen LogP contribution >= 0.6 is 0 Å². The van der Waals surface area contributed by atoms with Crippen LogP contribution in [0.1, 0.15) is 5.56 Å². The van der Waals surface area contributed by atoms with Gasteiger partial charge in [0.15, 0.2) is 0 Å². The molecule has 4 nitrogen and oxygen atoms in total. The molecule has 0 aliphatic rings. The number of pyridine rings is 1. The van der Waals surface area contributed by atoms with Crippen LogP contribution in [0.4, 0.5) is 10.5 Å². The SMILES string of the molecule is O=C(NCc1ccccc1)Nc1cccc2cccnc12. The number of anilines is 1. The Morgan fingerprint density at radius 2 is 1.76 bits per heavy atom. The van der Waals surface area contributed by atoms with Crippen molar-refractivity contribution in [3.63, 3.8) is 0 Å². The number of rotatable bonds is 3. The van der Waals surface area contributed by atoms with Crippen molar-refractivity contribution in [2.75, 3.05) is 5.32 Å². The quantitative estimate of drug-likeness (QED) is 0.769. The van der Waals surface area contributed by atoms with E-state index in [1.807, 2.05) is 60.7 Å². The van der Waals surface area contributed by atoms with Crippen molar-refractivity contribution in [3.05, 3.63) is 72.4 Å². The first-order valence-electron chi connectivity index (χ1n) is 6.75. The average Bonchev–Trinajstić information content (AvgIpc) is 2.54. The van der Waals surface area contributed by atoms with E-state index in [-0.39, 0.29) is 6.03 Å². The highest BCUT2D eigenvalue weighted by molar-refractivity contribution is 5.99. The van der Waals surface area contributed by atoms with Gasteiger partial charge in [0.2, 0.25) is 0 Å². The standard InChI is InChI=1S/C17H15N3O/c21-17(19-12-13-6-2-1-3-7-13)20-15-10-4-8-14-9-5-11-18-16(14)15/h1-11H,12H2,(H2,19,20,21). The van der Waals surface area contributed by atoms with Gasteiger partial charge in [-0.05, 0) is 17.7 Å². The smallest absolute Gasteiger partial charge is 0.319 e. The number of carbonyl (C=O) groups is 1. The number of urea groups is 1. The molecule has 0 saturated carbocycles. The number of carbonyl (C=O) groups excluding carboxylic acids is 1. The van der Waals surface area contributed by atoms with E-state index in [1.54, 1.807) is 6.20 Å². The second kappa shape index (κ2) is 6.05. The number of nitrogens with zero attached hydrogens (tertiary/aromatic N) is 1. The lowest BCUT2D eigenvalue weighted by Gasteiger charge is -2.09. The molecule has 2 aromatic carbocycles. The van der Waals surface area contributed by atoms with E-state index in [0.717, 1.165) is 16.5 Å². The molecule has 0 unspecified atom stereocenters. The molecule has 0 bridgehead atoms. The largest absolute Gasteiger partial charge is 0.334 e. The van der Waals surface area contributed by atoms with E-state index in [4.69, 9.17) is 0 Å². The molecule has 21 heavy (non-hydrogen) atoms. The molecule has 0 aliphatic carbocycles. The molecule has 0 spiro atoms. The van der Waals surface area contributed by atoms with Crippen molar-refractivity contribution in [1.29, 1.82) is 0 Å². The first-order chi connectivity index (χ1) is 10.3. The molecule has 3 rings (SSSR count). The maximum absolute atomic E-state index is 12.0. The number of nitrogens with one attached hydrogen (secondary N) is 2. The first kappa shape index (κ1) is 13.1. The number of fused-ring (bicyclic) bond motifs is 1. The van der Waals surface area contributed by atoms with Crippen LogP contribution in [-0.2, 0) is 6.54 Å². The maximum atomic E-state index is 12.0. The third kappa shape index (κ3) is 3.17. The van der Waals surface area contributed by atoms with Gasteiger partial charge in [0.05, 0.1) is 11.2 Å². The number of benzene rings is 2. The Morgan fingerprint density at radius 1 is 0.952 bits per heavy atom. The molecule has 0 fully saturated rings. The molecule has 0 aliphatic heterocycles. The van der Waals surface area contributed by atoms with Crippen molar-refractivity contribution in [3.8, 4) is 0 Å². The Balaban J connectivity index is 1.69. The summed E-state index contributed by atoms with van der Waals surface area (Å²) in [5.41, 5.74) is 2.55. The van der Waals surface area contributed by atoms with Crippen molar-refractivity contribution in [2.45, 2.75) is 6.54 Å². The minimum absolute atomic E-state index is 0.239. The molecular formula is C17H15N3O. The molecular weight excluding hydrogens is 262 g/mol. The van der Waals surface area contributed by atoms with Crippen LogP contribution in [-0.4, -0.2) is 11.0 Å². The third-order valence-corrected chi connectivity index (χ3v) is 3.18. The Labute approximate surface area is 122 Å². The van der Waals surface area contributed by atoms with Crippen molar-refractivity contribution in [2.24, 2.45) is 0 Å². The highest BCUT2D eigenvalue weighted by atomic mass is 16.2. The van der Waals surface area contributed by atoms with E-state index >= 15 is 0 Å². The summed E-state index contributed by atoms with van der Waals surface area (Å²) in [6.07, 6.45) is 1.72. The summed E-state index contributed by atoms with van der Waals surface area (Å²) in [5.74, 6) is 0. The molecule has 4 heteroatoms. The molecule has 0 radical (unpaired) electrons. The number of amides is 2. The summed E-state index contributed by atoms with van der Waals surface area (Å²) >= 11 is 0. The minimum Gasteiger partial charge on any atom is -0.334 e. The summed E-state index contributed by atoms with van der Waals surface area (Å²) in [6.45, 7) is 0.491. The average molecular weight is 277 g/mol. The summed E-state index contributed by atoms with van der Waals surface area (Å²) < 4.78 is 0. The summed E-state index contributed by atoms with van der Waals surface area (Å²) in [6, 6.07) is 19.1. The number of para-hydroxylation sites is 1. The Kier molecular flexibility index (Phi) is 3.78. The van der Waals surface area contributed by atoms with Gasteiger partial charge < -0.3 is 10.6 Å². The topological polar surface area (TPSA) is 54.0 Å². The Hall–Kier alpha value is -2.88. The fourth-order valence-corrected chi connectivity index (χ4v) is 2.15. The van der Waals surface area contributed by atoms with Gasteiger partial charge in [-0.15, -0.1) is 0 Å². The van der Waals surface area contributed by atoms with Gasteiger partial charge in [-0.25, -0.2) is 4.79 Å². The van der Waals surface area contributed by atoms with E-state index in [1.165, 1.54) is 0 Å². The van der Waals surface area contributed by atoms with Crippen LogP contribution in [0, 0.1) is 0 Å². The third-order valence-electron chi connectivity index (χ3n) is 3.18. The zero-order valence-corrected chi connectivity index (χ0v) is 11.4. The predicted molar refractivity (Wildman–Crippen MR) is 84.0 cm³/mol. The van der Waals surface area contributed by atoms with Crippen LogP contribution in [0.3, 0.4) is 0 Å². The molecule has 2 amide bonds. The van der Waals surface area contributed by atoms with Gasteiger partial charge in [-0.2, -0.15) is 0 Å². The second-order valence-electron chi connectivity index (χ2n) is 4.67. The molecule has 0 saturated heterocycles. The van der Waals surface area contributed by atoms with Crippen molar-refractivity contribution in [1.82, 2.24) is 10.3 Å². The van der Waals surface area contributed by atoms with Gasteiger partial charge in [-0.3, -0.25) is 4.98 Å². The van der Waals surface area contributed by atoms with Gasteiger partial charge in [0.25, 0.3) is 0 Å². The van der Waals surface area contributed by atoms with Gasteiger partial charge in [0, 0.05) is 18.1 Å². The fraction of sp³-hybridized carbons (Fsp3) is 0.0588. The number of aromatic nitrogens is 1. The number of hydrogen-bond acceptors (Lipinski definition) is 2. The Morgan fingerprint density at radius 3 is 2.62 bits per heavy atom. The van der Waals surface area contributed by atoms with E-state index in [9.17, 15) is 4.79 Å². The predicted octanol–water partition coefficient (Wildman–Crippen LogP) is 3.56. The normalized spacial score (nSPS) is 10.3. The van der Waals surface area contributed by atoms with Crippen LogP contribution in [0.5, 0.6) is 0 Å². The van der Waals surface area contributed by atoms with Crippen molar-refractivity contribution < 1.29 is 4.79 Å². The lowest BCUT2D eigenvalue weighted by Crippen LogP contribution is -2.28. The van der Waals surface area contributed by atoms with Crippen LogP contribution < -0.4 is 10.6 Å². The lowest BCUT2D eigenvalue weighted by atomic mass is 10.2. The van der Waals surface area contributed by atoms with Gasteiger partial charge in [0.1, 0.15) is 0 Å². The molecule has 104 valence electrons. The van der Waals surface area contributed by atoms with Crippen LogP contribution in [0.15, 0.2) is 66.9 Å². The zero-order chi connectivity index (χ0) is 14.5. The highest BCUT2D eigenvalue weighted by Gasteiger charge is 2.05. The van der Waals surface area contributed by atoms with Crippen molar-refractivity contribution >= 4 is 22.6 Å². The molecule has 1 aromatic heterocycles. The monoisotopic (exact) mass is 277 g/mol. The van der Waals surface area contributed by atoms with E-state index < -0.39 is 0 Å². The molecule has 0 atom stereocenters. The second-order valence-corrected chi connectivity index (χ2v) is 4.67. The first-order valence-corrected chi connectivity index (χ1v) is 6.75. The molecule has 1 heterocycles. The number of hydrogen-bond donors (Lipinski definition) is 2. The summed E-state index contributed by atoms with van der Waals surface area (Å²) in [5, 5.41) is 6.68. The highest BCUT2D eigenvalue weighted by Crippen LogP contribution is 2.20. The van der Waals surface area contributed by atoms with Crippen LogP contribution in [0.25, 0.3) is 10.9 Å². The lowest BCUT2D eigenvalue weighted by molar-refractivity contribution is 0.252. The minimum atomic E-state index is -0.239. The van der Waals surface area contributed by atoms with E-state index in [2.05, 4.69) is 15.6 Å². The van der Waals surface area contributed by atoms with Gasteiger partial charge in [-0.1, -0.05) is 48.5 Å². The van der Waals surface area contributed by atoms with Crippen LogP contribution in [0.2, 0.25) is 0 Å². The van der Waals surface area contributed by atoms with E-state index in [0.29, 0.717) is 12.2 Å². The summed E-state index contributed by atoms with van der Waals surface area (Å²) in [7, 11) is 0. The Bertz CT molecular complexity index is 751. The summed E-state index contributed by atoms with van der Waals surface area (Å²) in [4.78, 5) is 16.3. The molecule has 3 aromatic rings. The zero-order valence-electron chi connectivity index (χ0n) is 11.4. The van der Waals surface area contributed by atoms with Gasteiger partial charge >= 0.3 is 6.03 Å². The fourth-order valence-electron chi connectivity index (χ4n) is 2.15. The molecule has 2 N–H and O–H groups in total. The maximum Gasteiger partial charge on any atom is 0.319 e.